The molecule has 0 saturated carbocycles. The second-order valence-electron chi connectivity index (χ2n) is 2.09. The third kappa shape index (κ3) is 10.6. The third-order valence-corrected chi connectivity index (χ3v) is 4.62. The maximum absolute atomic E-state index is 10.3. The van der Waals surface area contributed by atoms with E-state index >= 15 is 0 Å². The van der Waals surface area contributed by atoms with E-state index < -0.39 is 35.5 Å². The second-order valence-corrected chi connectivity index (χ2v) is 6.61. The largest absolute Gasteiger partial charge is 0.692 e. The molecule has 0 aliphatic carbocycles. The number of hydrogen-bond donors (Lipinski definition) is 7. The highest BCUT2D eigenvalue weighted by Gasteiger charge is 2.42. The first-order valence-electron chi connectivity index (χ1n) is 2.99. The molecule has 0 aliphatic heterocycles. The van der Waals surface area contributed by atoms with Gasteiger partial charge in [0, 0.05) is 4.57 Å². The first-order chi connectivity index (χ1) is 6.42. The quantitative estimate of drug-likeness (QED) is 0.294. The fourth-order valence-electron chi connectivity index (χ4n) is 0.409. The zero-order valence-electron chi connectivity index (χ0n) is 6.98. The molecule has 0 aliphatic rings. The minimum atomic E-state index is -4.91. The Morgan fingerprint density at radius 1 is 1.00 bits per heavy atom. The van der Waals surface area contributed by atoms with Gasteiger partial charge in [-0.05, 0) is 0 Å². The molecule has 0 amide bonds. The lowest BCUT2D eigenvalue weighted by molar-refractivity contribution is 0.266. The van der Waals surface area contributed by atoms with E-state index in [4.69, 9.17) is 39.0 Å². The summed E-state index contributed by atoms with van der Waals surface area (Å²) in [7, 11) is -12.7. The van der Waals surface area contributed by atoms with Crippen molar-refractivity contribution in [3.8, 4) is 0 Å². The van der Waals surface area contributed by atoms with Gasteiger partial charge in [-0.25, -0.2) is 0 Å². The Balaban J connectivity index is 0. The van der Waals surface area contributed by atoms with Crippen molar-refractivity contribution < 1.29 is 48.2 Å². The molecule has 0 radical (unpaired) electrons. The lowest BCUT2D eigenvalue weighted by atomic mass is 10.9. The maximum atomic E-state index is 10.3. The smallest absolute Gasteiger partial charge is 0.395 e. The molecule has 0 saturated heterocycles. The Kier molecular flexibility index (Phi) is 7.98. The Hall–Kier alpha value is 0.280. The van der Waals surface area contributed by atoms with Crippen molar-refractivity contribution in [2.24, 2.45) is 0 Å². The van der Waals surface area contributed by atoms with E-state index in [0.717, 1.165) is 0 Å². The molecule has 15 heavy (non-hydrogen) atoms. The number of aliphatic hydroxyl groups excluding tert-OH is 1. The Labute approximate surface area is 84.5 Å². The van der Waals surface area contributed by atoms with Gasteiger partial charge in [-0.2, -0.15) is 0 Å². The van der Waals surface area contributed by atoms with Crippen LogP contribution in [0.3, 0.4) is 0 Å². The summed E-state index contributed by atoms with van der Waals surface area (Å²) in [4.78, 5) is 47.3. The highest BCUT2D eigenvalue weighted by Crippen LogP contribution is 2.59. The Bertz CT molecular complexity index is 259. The van der Waals surface area contributed by atoms with E-state index in [9.17, 15) is 9.13 Å². The van der Waals surface area contributed by atoms with Crippen molar-refractivity contribution in [2.75, 3.05) is 6.61 Å². The van der Waals surface area contributed by atoms with Gasteiger partial charge in [-0.1, -0.05) is 0 Å². The fraction of sp³-hybridized carbons (Fsp3) is 1.00. The van der Waals surface area contributed by atoms with Crippen molar-refractivity contribution in [3.63, 3.8) is 0 Å². The normalized spacial score (nSPS) is 12.0. The zero-order valence-corrected chi connectivity index (χ0v) is 9.66. The van der Waals surface area contributed by atoms with Crippen LogP contribution >= 0.6 is 23.4 Å². The van der Waals surface area contributed by atoms with Crippen molar-refractivity contribution in [1.29, 1.82) is 0 Å². The molecule has 10 nitrogen and oxygen atoms in total. The Morgan fingerprint density at radius 2 is 1.20 bits per heavy atom. The summed E-state index contributed by atoms with van der Waals surface area (Å²) in [5.41, 5.74) is 0. The van der Waals surface area contributed by atoms with E-state index in [1.165, 1.54) is 0 Å². The summed E-state index contributed by atoms with van der Waals surface area (Å²) < 4.78 is 29.2. The molecule has 0 heterocycles. The molecule has 13 heteroatoms. The second kappa shape index (κ2) is 6.78. The van der Waals surface area contributed by atoms with Gasteiger partial charge in [0.15, 0.2) is 5.40 Å². The molecule has 0 spiro atoms. The van der Waals surface area contributed by atoms with Crippen LogP contribution < -0.4 is 0 Å². The average molecular weight is 287 g/mol. The van der Waals surface area contributed by atoms with Crippen molar-refractivity contribution in [2.45, 2.75) is 5.40 Å². The van der Waals surface area contributed by atoms with Gasteiger partial charge in [-0.15, -0.1) is 9.79 Å². The minimum absolute atomic E-state index is 1.24. The van der Waals surface area contributed by atoms with E-state index in [1.54, 1.807) is 0 Å². The van der Waals surface area contributed by atoms with Crippen molar-refractivity contribution >= 4 is 23.4 Å². The van der Waals surface area contributed by atoms with Gasteiger partial charge in [0.2, 0.25) is 0 Å². The van der Waals surface area contributed by atoms with E-state index in [1.807, 2.05) is 0 Å². The van der Waals surface area contributed by atoms with Gasteiger partial charge in [0.05, 0.1) is 6.61 Å². The van der Waals surface area contributed by atoms with Gasteiger partial charge in [0.25, 0.3) is 0 Å². The third-order valence-electron chi connectivity index (χ3n) is 0.940. The lowest BCUT2D eigenvalue weighted by Gasteiger charge is -2.16. The maximum Gasteiger partial charge on any atom is 0.692 e. The van der Waals surface area contributed by atoms with Gasteiger partial charge in [-0.3, -0.25) is 9.13 Å². The van der Waals surface area contributed by atoms with E-state index in [0.29, 0.717) is 0 Å². The first-order valence-corrected chi connectivity index (χ1v) is 7.52. The molecule has 0 atom stereocenters. The molecule has 0 bridgehead atoms. The van der Waals surface area contributed by atoms with Crippen LogP contribution in [0.15, 0.2) is 0 Å². The van der Waals surface area contributed by atoms with Crippen LogP contribution in [0.4, 0.5) is 0 Å². The van der Waals surface area contributed by atoms with Gasteiger partial charge >= 0.3 is 23.4 Å². The molecule has 0 unspecified atom stereocenters. The van der Waals surface area contributed by atoms with Gasteiger partial charge < -0.3 is 24.7 Å². The van der Waals surface area contributed by atoms with Crippen molar-refractivity contribution in [1.82, 2.24) is 0 Å². The molecule has 7 N–H and O–H groups in total. The summed E-state index contributed by atoms with van der Waals surface area (Å²) in [5, 5.41) is 5.92. The van der Waals surface area contributed by atoms with Crippen LogP contribution in [0.5, 0.6) is 0 Å². The predicted octanol–water partition coefficient (Wildman–Crippen LogP) is -1.71. The molecule has 0 fully saturated rings. The highest BCUT2D eigenvalue weighted by atomic mass is 31.2. The highest BCUT2D eigenvalue weighted by molar-refractivity contribution is 7.70. The molecule has 92 valence electrons. The monoisotopic (exact) mass is 287 g/mol. The van der Waals surface area contributed by atoms with E-state index in [-0.39, 0.29) is 0 Å². The van der Waals surface area contributed by atoms with Crippen LogP contribution in [0.1, 0.15) is 0 Å². The Morgan fingerprint density at radius 3 is 1.20 bits per heavy atom. The van der Waals surface area contributed by atoms with E-state index in [2.05, 4.69) is 0 Å². The van der Waals surface area contributed by atoms with Crippen LogP contribution in [0.25, 0.3) is 0 Å². The molecule has 0 rings (SSSR count). The molecule has 0 aromatic rings. The van der Waals surface area contributed by atoms with Crippen LogP contribution in [0.2, 0.25) is 0 Å². The summed E-state index contributed by atoms with van der Waals surface area (Å²) in [6.07, 6.45) is 0. The number of rotatable bonds is 3. The van der Waals surface area contributed by atoms with Gasteiger partial charge in [0.1, 0.15) is 0 Å². The number of aliphatic hydroxyl groups is 1. The summed E-state index contributed by atoms with van der Waals surface area (Å²) in [5.74, 6) is 0. The minimum Gasteiger partial charge on any atom is -0.395 e. The predicted molar refractivity (Wildman–Crippen MR) is 47.0 cm³/mol. The molecular formula is C2H10O10P3+. The zero-order chi connectivity index (χ0) is 12.9. The SMILES string of the molecule is O=P(O)(O)C(CO)P(=O)(O)O.O=[P+](O)O. The topological polar surface area (TPSA) is 193 Å². The molecular weight excluding hydrogens is 277 g/mol. The fourth-order valence-corrected chi connectivity index (χ4v) is 2.40. The van der Waals surface area contributed by atoms with Crippen molar-refractivity contribution in [3.05, 3.63) is 0 Å². The summed E-state index contributed by atoms with van der Waals surface area (Å²) in [6, 6.07) is 0. The lowest BCUT2D eigenvalue weighted by Crippen LogP contribution is -2.13. The number of hydrogen-bond acceptors (Lipinski definition) is 4. The summed E-state index contributed by atoms with van der Waals surface area (Å²) >= 11 is 0. The standard InChI is InChI=1S/C2H8O7P2.HO3P/c3-1-2(10(4,5)6)11(7,8)9;1-4(2)3/h2-3H,1H2,(H2,4,5,6)(H2,7,8,9);(H-,1,2,3)/p+1. The molecule has 0 aromatic carbocycles. The average Bonchev–Trinajstić information content (AvgIpc) is 1.78. The first kappa shape index (κ1) is 17.7. The van der Waals surface area contributed by atoms with Crippen LogP contribution in [0, 0.1) is 0 Å². The molecule has 0 aromatic heterocycles. The summed E-state index contributed by atoms with van der Waals surface area (Å²) in [6.45, 7) is -1.24. The van der Waals surface area contributed by atoms with Crippen LogP contribution in [-0.2, 0) is 13.7 Å². The van der Waals surface area contributed by atoms with Crippen LogP contribution in [-0.4, -0.2) is 46.5 Å².